The highest BCUT2D eigenvalue weighted by atomic mass is 127. The van der Waals surface area contributed by atoms with Crippen LogP contribution in [0.3, 0.4) is 0 Å². The Morgan fingerprint density at radius 2 is 2.00 bits per heavy atom. The van der Waals surface area contributed by atoms with Crippen LogP contribution in [0.25, 0.3) is 0 Å². The van der Waals surface area contributed by atoms with E-state index in [-0.39, 0.29) is 5.91 Å². The van der Waals surface area contributed by atoms with E-state index in [2.05, 4.69) is 3.53 Å². The molecule has 0 saturated carbocycles. The number of halogens is 1. The van der Waals surface area contributed by atoms with E-state index in [1.807, 2.05) is 5.32 Å². The molecule has 3 amide bonds. The smallest absolute Gasteiger partial charge is 0.280 e. The molecule has 0 aliphatic heterocycles. The van der Waals surface area contributed by atoms with Crippen molar-refractivity contribution in [3.05, 3.63) is 0 Å². The summed E-state index contributed by atoms with van der Waals surface area (Å²) >= 11 is 1.63. The first kappa shape index (κ1) is 7.67. The van der Waals surface area contributed by atoms with E-state index in [9.17, 15) is 9.59 Å². The first-order chi connectivity index (χ1) is 3.66. The van der Waals surface area contributed by atoms with Crippen molar-refractivity contribution >= 4 is 34.8 Å². The maximum atomic E-state index is 10.2. The van der Waals surface area contributed by atoms with Crippen LogP contribution in [-0.4, -0.2) is 11.9 Å². The Bertz CT molecular complexity index is 114. The number of hydrogen-bond donors (Lipinski definition) is 2. The topological polar surface area (TPSA) is 58.2 Å². The number of hydrogen-bond acceptors (Lipinski definition) is 2. The van der Waals surface area contributed by atoms with Crippen LogP contribution >= 0.6 is 22.9 Å². The summed E-state index contributed by atoms with van der Waals surface area (Å²) in [6.45, 7) is 1.27. The van der Waals surface area contributed by atoms with Gasteiger partial charge in [0.2, 0.25) is 5.91 Å². The number of carbonyl (C=O) groups excluding carboxylic acids is 2. The molecule has 0 atom stereocenters. The molecule has 0 unspecified atom stereocenters. The van der Waals surface area contributed by atoms with Crippen LogP contribution in [0.15, 0.2) is 0 Å². The standard InChI is InChI=1S/C3H5IN2O2/c1-2(7)5-3(8)6-4/h1H3,(H2,5,6,7,8). The predicted molar refractivity (Wildman–Crippen MR) is 36.4 cm³/mol. The lowest BCUT2D eigenvalue weighted by Crippen LogP contribution is -2.32. The van der Waals surface area contributed by atoms with Crippen molar-refractivity contribution in [3.63, 3.8) is 0 Å². The van der Waals surface area contributed by atoms with E-state index in [1.165, 1.54) is 6.92 Å². The van der Waals surface area contributed by atoms with Gasteiger partial charge < -0.3 is 0 Å². The van der Waals surface area contributed by atoms with E-state index in [0.29, 0.717) is 0 Å². The molecule has 0 heterocycles. The summed E-state index contributed by atoms with van der Waals surface area (Å²) in [5, 5.41) is 2.00. The van der Waals surface area contributed by atoms with Crippen LogP contribution < -0.4 is 8.85 Å². The Balaban J connectivity index is 3.40. The minimum atomic E-state index is -0.488. The van der Waals surface area contributed by atoms with E-state index in [1.54, 1.807) is 22.9 Å². The summed E-state index contributed by atoms with van der Waals surface area (Å²) in [4.78, 5) is 20.2. The summed E-state index contributed by atoms with van der Waals surface area (Å²) in [5.74, 6) is -0.362. The molecule has 0 fully saturated rings. The van der Waals surface area contributed by atoms with Crippen LogP contribution in [0.4, 0.5) is 4.79 Å². The third-order valence-electron chi connectivity index (χ3n) is 0.375. The van der Waals surface area contributed by atoms with Crippen LogP contribution in [-0.2, 0) is 4.79 Å². The van der Waals surface area contributed by atoms with Crippen molar-refractivity contribution in [3.8, 4) is 0 Å². The van der Waals surface area contributed by atoms with Gasteiger partial charge >= 0.3 is 6.03 Å². The first-order valence-corrected chi connectivity index (χ1v) is 2.93. The molecule has 0 rings (SSSR count). The Morgan fingerprint density at radius 1 is 1.50 bits per heavy atom. The molecule has 0 aromatic heterocycles. The second-order valence-electron chi connectivity index (χ2n) is 1.10. The molecular formula is C3H5IN2O2. The Labute approximate surface area is 60.5 Å². The van der Waals surface area contributed by atoms with E-state index >= 15 is 0 Å². The summed E-state index contributed by atoms with van der Waals surface area (Å²) < 4.78 is 2.20. The highest BCUT2D eigenvalue weighted by Crippen LogP contribution is 1.69. The summed E-state index contributed by atoms with van der Waals surface area (Å²) in [6, 6.07) is -0.488. The van der Waals surface area contributed by atoms with Gasteiger partial charge in [-0.05, 0) is 0 Å². The molecule has 2 N–H and O–H groups in total. The third-order valence-corrected chi connectivity index (χ3v) is 0.865. The largest absolute Gasteiger partial charge is 0.330 e. The molecule has 0 radical (unpaired) electrons. The van der Waals surface area contributed by atoms with Gasteiger partial charge in [-0.2, -0.15) is 0 Å². The second kappa shape index (κ2) is 3.65. The molecule has 0 aromatic carbocycles. The average molecular weight is 228 g/mol. The van der Waals surface area contributed by atoms with Gasteiger partial charge in [0.15, 0.2) is 0 Å². The fourth-order valence-corrected chi connectivity index (χ4v) is 0.318. The van der Waals surface area contributed by atoms with Crippen molar-refractivity contribution in [1.29, 1.82) is 0 Å². The number of imide groups is 1. The lowest BCUT2D eigenvalue weighted by atomic mass is 10.7. The first-order valence-electron chi connectivity index (χ1n) is 1.85. The zero-order valence-electron chi connectivity index (χ0n) is 4.19. The molecule has 8 heavy (non-hydrogen) atoms. The number of urea groups is 1. The number of rotatable bonds is 0. The molecule has 0 aromatic rings. The maximum absolute atomic E-state index is 10.2. The van der Waals surface area contributed by atoms with Crippen LogP contribution in [0.5, 0.6) is 0 Å². The molecule has 0 aliphatic carbocycles. The number of amides is 3. The van der Waals surface area contributed by atoms with E-state index in [4.69, 9.17) is 0 Å². The fraction of sp³-hybridized carbons (Fsp3) is 0.333. The number of nitrogens with one attached hydrogen (secondary N) is 2. The van der Waals surface area contributed by atoms with Gasteiger partial charge in [0.25, 0.3) is 0 Å². The monoisotopic (exact) mass is 228 g/mol. The van der Waals surface area contributed by atoms with Gasteiger partial charge in [0.1, 0.15) is 0 Å². The molecule has 0 aliphatic rings. The van der Waals surface area contributed by atoms with Crippen molar-refractivity contribution in [2.45, 2.75) is 6.92 Å². The van der Waals surface area contributed by atoms with Gasteiger partial charge in [-0.25, -0.2) is 4.79 Å². The normalized spacial score (nSPS) is 7.75. The van der Waals surface area contributed by atoms with Crippen molar-refractivity contribution in [2.75, 3.05) is 0 Å². The molecule has 5 heteroatoms. The summed E-state index contributed by atoms with van der Waals surface area (Å²) in [5.41, 5.74) is 0. The SMILES string of the molecule is CC(=O)NC(=O)NI. The molecular weight excluding hydrogens is 223 g/mol. The van der Waals surface area contributed by atoms with E-state index < -0.39 is 6.03 Å². The Kier molecular flexibility index (Phi) is 3.49. The zero-order chi connectivity index (χ0) is 6.57. The Morgan fingerprint density at radius 3 is 2.12 bits per heavy atom. The fourth-order valence-electron chi connectivity index (χ4n) is 0.184. The quantitative estimate of drug-likeness (QED) is 0.459. The van der Waals surface area contributed by atoms with Crippen molar-refractivity contribution in [1.82, 2.24) is 8.85 Å². The highest BCUT2D eigenvalue weighted by Gasteiger charge is 1.96. The molecule has 0 saturated heterocycles. The highest BCUT2D eigenvalue weighted by molar-refractivity contribution is 14.1. The lowest BCUT2D eigenvalue weighted by molar-refractivity contribution is -0.117. The maximum Gasteiger partial charge on any atom is 0.330 e. The lowest BCUT2D eigenvalue weighted by Gasteiger charge is -1.93. The molecule has 0 bridgehead atoms. The van der Waals surface area contributed by atoms with Gasteiger partial charge in [0, 0.05) is 6.92 Å². The van der Waals surface area contributed by atoms with Crippen LogP contribution in [0.1, 0.15) is 6.92 Å². The van der Waals surface area contributed by atoms with Gasteiger partial charge in [0.05, 0.1) is 22.9 Å². The van der Waals surface area contributed by atoms with Crippen molar-refractivity contribution < 1.29 is 9.59 Å². The minimum absolute atomic E-state index is 0.362. The number of carbonyl (C=O) groups is 2. The molecule has 46 valence electrons. The van der Waals surface area contributed by atoms with Crippen molar-refractivity contribution in [2.24, 2.45) is 0 Å². The van der Waals surface area contributed by atoms with Gasteiger partial charge in [-0.1, -0.05) is 0 Å². The average Bonchev–Trinajstić information content (AvgIpc) is 1.65. The third kappa shape index (κ3) is 3.85. The summed E-state index contributed by atoms with van der Waals surface area (Å²) in [7, 11) is 0. The summed E-state index contributed by atoms with van der Waals surface area (Å²) in [6.07, 6.45) is 0. The van der Waals surface area contributed by atoms with E-state index in [0.717, 1.165) is 0 Å². The molecule has 0 spiro atoms. The van der Waals surface area contributed by atoms with Crippen LogP contribution in [0.2, 0.25) is 0 Å². The predicted octanol–water partition coefficient (Wildman–Crippen LogP) is 0.182. The second-order valence-corrected chi connectivity index (χ2v) is 1.64. The zero-order valence-corrected chi connectivity index (χ0v) is 6.35. The minimum Gasteiger partial charge on any atom is -0.280 e. The van der Waals surface area contributed by atoms with Crippen LogP contribution in [0, 0.1) is 0 Å². The Hall–Kier alpha value is -0.330. The van der Waals surface area contributed by atoms with Gasteiger partial charge in [-0.3, -0.25) is 13.6 Å². The van der Waals surface area contributed by atoms with Gasteiger partial charge in [-0.15, -0.1) is 0 Å². The molecule has 4 nitrogen and oxygen atoms in total.